The van der Waals surface area contributed by atoms with Crippen molar-refractivity contribution in [3.05, 3.63) is 42.7 Å². The number of imidazole rings is 1. The van der Waals surface area contributed by atoms with E-state index in [1.165, 1.54) is 0 Å². The second-order valence-electron chi connectivity index (χ2n) is 7.94. The van der Waals surface area contributed by atoms with Crippen LogP contribution in [0.25, 0.3) is 11.2 Å². The summed E-state index contributed by atoms with van der Waals surface area (Å²) in [7, 11) is 3.22. The van der Waals surface area contributed by atoms with Gasteiger partial charge in [-0.25, -0.2) is 4.98 Å². The molecule has 13 heteroatoms. The van der Waals surface area contributed by atoms with Crippen LogP contribution in [0.3, 0.4) is 0 Å². The Hall–Kier alpha value is -3.36. The number of anilines is 1. The number of nitrogens with zero attached hydrogens (tertiary/aromatic N) is 4. The number of aryl methyl sites for hydroxylation is 1. The number of nitrogen functional groups attached to an aromatic ring is 1. The van der Waals surface area contributed by atoms with Gasteiger partial charge < -0.3 is 34.1 Å². The molecule has 1 aromatic carbocycles. The van der Waals surface area contributed by atoms with Gasteiger partial charge in [0, 0.05) is 13.7 Å². The van der Waals surface area contributed by atoms with Crippen molar-refractivity contribution in [2.24, 2.45) is 0 Å². The average Bonchev–Trinajstić information content (AvgIpc) is 3.32. The maximum absolute atomic E-state index is 13.4. The van der Waals surface area contributed by atoms with Crippen LogP contribution in [0.2, 0.25) is 0 Å². The quantitative estimate of drug-likeness (QED) is 0.114. The van der Waals surface area contributed by atoms with E-state index in [4.69, 9.17) is 24.3 Å². The predicted molar refractivity (Wildman–Crippen MR) is 146 cm³/mol. The Morgan fingerprint density at radius 3 is 2.50 bits per heavy atom. The Morgan fingerprint density at radius 2 is 1.89 bits per heavy atom. The topological polar surface area (TPSA) is 136 Å². The number of para-hydroxylation sites is 1. The van der Waals surface area contributed by atoms with E-state index in [0.717, 1.165) is 5.75 Å². The second-order valence-corrected chi connectivity index (χ2v) is 8.60. The summed E-state index contributed by atoms with van der Waals surface area (Å²) >= 11 is 0. The van der Waals surface area contributed by atoms with Gasteiger partial charge in [0.05, 0.1) is 25.1 Å². The smallest absolute Gasteiger partial charge is 0.323 e. The van der Waals surface area contributed by atoms with Gasteiger partial charge in [-0.3, -0.25) is 4.79 Å². The zero-order valence-electron chi connectivity index (χ0n) is 22.3. The van der Waals surface area contributed by atoms with Crippen molar-refractivity contribution in [2.75, 3.05) is 26.5 Å². The van der Waals surface area contributed by atoms with Gasteiger partial charge in [0.15, 0.2) is 11.5 Å². The summed E-state index contributed by atoms with van der Waals surface area (Å²) in [6.45, 7) is 6.34. The molecule has 38 heavy (non-hydrogen) atoms. The van der Waals surface area contributed by atoms with Crippen LogP contribution in [0.4, 0.5) is 10.2 Å². The minimum atomic E-state index is -0.873. The number of halogens is 1. The molecule has 2 heterocycles. The monoisotopic (exact) mass is 550 g/mol. The van der Waals surface area contributed by atoms with E-state index in [1.807, 2.05) is 44.2 Å². The highest BCUT2D eigenvalue weighted by Crippen LogP contribution is 2.22. The van der Waals surface area contributed by atoms with Gasteiger partial charge in [0.2, 0.25) is 9.03 Å². The summed E-state index contributed by atoms with van der Waals surface area (Å²) in [5, 5.41) is 2.80. The van der Waals surface area contributed by atoms with Crippen molar-refractivity contribution in [3.8, 4) is 18.6 Å². The first-order valence-corrected chi connectivity index (χ1v) is 12.5. The number of rotatable bonds is 12. The molecule has 3 rings (SSSR count). The molecule has 0 saturated heterocycles. The van der Waals surface area contributed by atoms with Crippen molar-refractivity contribution in [1.29, 1.82) is 0 Å². The molecule has 3 unspecified atom stereocenters. The van der Waals surface area contributed by atoms with Gasteiger partial charge in [0.1, 0.15) is 17.3 Å². The summed E-state index contributed by atoms with van der Waals surface area (Å²) in [6.07, 6.45) is 9.14. The molecular formula is C25H36FN6O5P. The van der Waals surface area contributed by atoms with E-state index in [1.54, 1.807) is 32.0 Å². The summed E-state index contributed by atoms with van der Waals surface area (Å²) in [6, 6.07) is 9.23. The minimum absolute atomic E-state index is 0.0247. The number of hydrogen-bond acceptors (Lipinski definition) is 10. The fourth-order valence-corrected chi connectivity index (χ4v) is 3.34. The van der Waals surface area contributed by atoms with Crippen LogP contribution < -0.4 is 15.6 Å². The van der Waals surface area contributed by atoms with Crippen molar-refractivity contribution in [1.82, 2.24) is 24.8 Å². The maximum Gasteiger partial charge on any atom is 0.323 e. The first-order valence-electron chi connectivity index (χ1n) is 11.7. The van der Waals surface area contributed by atoms with E-state index < -0.39 is 6.08 Å². The van der Waals surface area contributed by atoms with E-state index in [-0.39, 0.29) is 39.1 Å². The van der Waals surface area contributed by atoms with Crippen molar-refractivity contribution < 1.29 is 27.7 Å². The lowest BCUT2D eigenvalue weighted by Gasteiger charge is -2.15. The van der Waals surface area contributed by atoms with Gasteiger partial charge in [-0.05, 0) is 46.4 Å². The summed E-state index contributed by atoms with van der Waals surface area (Å²) in [5.74, 6) is 0.582. The number of likely N-dealkylation sites (N-methyl/N-ethyl adjacent to an activating group) is 1. The fourth-order valence-electron chi connectivity index (χ4n) is 2.80. The van der Waals surface area contributed by atoms with Crippen molar-refractivity contribution >= 4 is 32.0 Å². The van der Waals surface area contributed by atoms with Gasteiger partial charge in [-0.2, -0.15) is 14.4 Å². The third kappa shape index (κ3) is 11.4. The van der Waals surface area contributed by atoms with Crippen LogP contribution in [-0.2, 0) is 25.3 Å². The number of nitrogens with two attached hydrogens (primary N) is 1. The standard InChI is InChI=1S/C16H19FN5O3P.C7H15NO2.C2H2/c1-23-12(9-24-26-25-11-5-3-2-4-6-11)7-8-22-10-19-13-14(18)20-16(17)21-15(13)22;1-5(2)10-7(9)6(3)8-4;1-2/h2-6,10,12,26H,7-9H2,1H3,(H2,18,20,21);5-6,8H,1-4H3;1-2H. The Bertz CT molecular complexity index is 1120. The Labute approximate surface area is 224 Å². The molecule has 0 radical (unpaired) electrons. The molecule has 0 fully saturated rings. The number of ether oxygens (including phenoxy) is 2. The van der Waals surface area contributed by atoms with Crippen LogP contribution >= 0.6 is 9.03 Å². The molecule has 0 amide bonds. The Kier molecular flexibility index (Phi) is 15.5. The number of methoxy groups -OCH3 is 1. The van der Waals surface area contributed by atoms with Crippen LogP contribution in [0.15, 0.2) is 36.7 Å². The lowest BCUT2D eigenvalue weighted by molar-refractivity contribution is -0.149. The van der Waals surface area contributed by atoms with E-state index in [0.29, 0.717) is 30.7 Å². The maximum atomic E-state index is 13.4. The molecule has 0 bridgehead atoms. The van der Waals surface area contributed by atoms with Gasteiger partial charge in [-0.1, -0.05) is 18.2 Å². The van der Waals surface area contributed by atoms with Crippen molar-refractivity contribution in [2.45, 2.75) is 52.0 Å². The van der Waals surface area contributed by atoms with Crippen LogP contribution in [-0.4, -0.2) is 64.5 Å². The largest absolute Gasteiger partial charge is 0.462 e. The second kappa shape index (κ2) is 18.0. The highest BCUT2D eigenvalue weighted by atomic mass is 31.1. The SMILES string of the molecule is C#C.CNC(C)C(=O)OC(C)C.COC(CCn1cnc2c(N)nc(F)nc21)COPOc1ccccc1. The minimum Gasteiger partial charge on any atom is -0.462 e. The first-order chi connectivity index (χ1) is 18.2. The molecule has 208 valence electrons. The molecule has 0 saturated carbocycles. The zero-order valence-corrected chi connectivity index (χ0v) is 23.3. The Balaban J connectivity index is 0.000000510. The van der Waals surface area contributed by atoms with Crippen LogP contribution in [0.5, 0.6) is 5.75 Å². The van der Waals surface area contributed by atoms with Gasteiger partial charge >= 0.3 is 12.0 Å². The first kappa shape index (κ1) is 32.7. The van der Waals surface area contributed by atoms with Crippen LogP contribution in [0.1, 0.15) is 27.2 Å². The molecular weight excluding hydrogens is 514 g/mol. The van der Waals surface area contributed by atoms with Crippen LogP contribution in [0, 0.1) is 18.9 Å². The number of nitrogens with one attached hydrogen (secondary N) is 1. The zero-order chi connectivity index (χ0) is 28.5. The molecule has 2 aromatic heterocycles. The molecule has 0 aliphatic carbocycles. The number of hydrogen-bond donors (Lipinski definition) is 2. The molecule has 3 aromatic rings. The lowest BCUT2D eigenvalue weighted by Crippen LogP contribution is -2.33. The van der Waals surface area contributed by atoms with Gasteiger partial charge in [0.25, 0.3) is 0 Å². The molecule has 11 nitrogen and oxygen atoms in total. The van der Waals surface area contributed by atoms with Crippen molar-refractivity contribution in [3.63, 3.8) is 0 Å². The predicted octanol–water partition coefficient (Wildman–Crippen LogP) is 3.35. The number of carbonyl (C=O) groups excluding carboxylic acids is 1. The molecule has 0 aliphatic rings. The van der Waals surface area contributed by atoms with E-state index in [9.17, 15) is 9.18 Å². The lowest BCUT2D eigenvalue weighted by atomic mass is 10.2. The summed E-state index contributed by atoms with van der Waals surface area (Å²) in [5.41, 5.74) is 6.40. The van der Waals surface area contributed by atoms with E-state index in [2.05, 4.69) is 33.1 Å². The molecule has 0 aliphatic heterocycles. The number of terminal acetylenes is 1. The normalized spacial score (nSPS) is 12.3. The fraction of sp³-hybridized carbons (Fsp3) is 0.440. The number of fused-ring (bicyclic) bond motifs is 1. The number of aromatic nitrogens is 4. The highest BCUT2D eigenvalue weighted by molar-refractivity contribution is 7.26. The summed E-state index contributed by atoms with van der Waals surface area (Å²) < 4.78 is 36.4. The average molecular weight is 551 g/mol. The van der Waals surface area contributed by atoms with Gasteiger partial charge in [-0.15, -0.1) is 12.8 Å². The summed E-state index contributed by atoms with van der Waals surface area (Å²) in [4.78, 5) is 22.3. The van der Waals surface area contributed by atoms with E-state index >= 15 is 0 Å². The third-order valence-corrected chi connectivity index (χ3v) is 5.46. The molecule has 0 spiro atoms. The third-order valence-electron chi connectivity index (χ3n) is 4.86. The number of benzene rings is 1. The number of esters is 1. The number of carbonyl (C=O) groups is 1. The molecule has 3 N–H and O–H groups in total. The highest BCUT2D eigenvalue weighted by Gasteiger charge is 2.14. The Morgan fingerprint density at radius 1 is 1.21 bits per heavy atom. The molecule has 3 atom stereocenters.